The zero-order chi connectivity index (χ0) is 26.7. The van der Waals surface area contributed by atoms with E-state index in [1.165, 1.54) is 12.1 Å². The molecule has 2 aliphatic heterocycles. The molecule has 4 N–H and O–H groups in total. The van der Waals surface area contributed by atoms with Crippen LogP contribution in [0.4, 0.5) is 14.9 Å². The van der Waals surface area contributed by atoms with Crippen LogP contribution in [0.1, 0.15) is 26.2 Å². The van der Waals surface area contributed by atoms with Gasteiger partial charge in [-0.2, -0.15) is 0 Å². The zero-order valence-corrected chi connectivity index (χ0v) is 21.2. The molecule has 0 atom stereocenters. The summed E-state index contributed by atoms with van der Waals surface area (Å²) in [5.41, 5.74) is 6.15. The molecule has 0 spiro atoms. The number of benzene rings is 2. The predicted octanol–water partition coefficient (Wildman–Crippen LogP) is 4.41. The van der Waals surface area contributed by atoms with Crippen molar-refractivity contribution >= 4 is 22.7 Å². The highest BCUT2D eigenvalue weighted by molar-refractivity contribution is 5.95. The average Bonchev–Trinajstić information content (AvgIpc) is 2.88. The van der Waals surface area contributed by atoms with Gasteiger partial charge < -0.3 is 40.0 Å². The first-order valence-electron chi connectivity index (χ1n) is 12.6. The molecule has 1 fully saturated rings. The van der Waals surface area contributed by atoms with Crippen LogP contribution >= 0.6 is 0 Å². The molecular formula is C27H31FN4O6. The van der Waals surface area contributed by atoms with Gasteiger partial charge in [-0.1, -0.05) is 0 Å². The first-order valence-corrected chi connectivity index (χ1v) is 12.6. The van der Waals surface area contributed by atoms with Crippen LogP contribution in [-0.4, -0.2) is 66.1 Å². The molecule has 0 bridgehead atoms. The van der Waals surface area contributed by atoms with Gasteiger partial charge in [-0.15, -0.1) is 0 Å². The molecule has 2 aromatic carbocycles. The number of likely N-dealkylation sites (tertiary alicyclic amines) is 1. The first-order chi connectivity index (χ1) is 18.3. The quantitative estimate of drug-likeness (QED) is 0.289. The summed E-state index contributed by atoms with van der Waals surface area (Å²) >= 11 is 0. The number of amides is 1. The Morgan fingerprint density at radius 2 is 1.92 bits per heavy atom. The van der Waals surface area contributed by atoms with Crippen LogP contribution in [-0.2, 0) is 0 Å². The Hall–Kier alpha value is -3.99. The molecule has 1 aromatic heterocycles. The number of aromatic nitrogens is 1. The molecule has 11 heteroatoms. The lowest BCUT2D eigenvalue weighted by Crippen LogP contribution is -2.53. The number of pyridine rings is 1. The van der Waals surface area contributed by atoms with Crippen molar-refractivity contribution in [1.29, 1.82) is 0 Å². The van der Waals surface area contributed by atoms with Crippen molar-refractivity contribution in [2.75, 3.05) is 45.2 Å². The number of anilines is 1. The third-order valence-corrected chi connectivity index (χ3v) is 6.86. The van der Waals surface area contributed by atoms with E-state index in [0.29, 0.717) is 59.4 Å². The van der Waals surface area contributed by atoms with Crippen LogP contribution in [0.15, 0.2) is 36.5 Å². The highest BCUT2D eigenvalue weighted by atomic mass is 19.1. The summed E-state index contributed by atoms with van der Waals surface area (Å²) in [4.78, 5) is 17.8. The molecule has 3 heterocycles. The van der Waals surface area contributed by atoms with Crippen LogP contribution < -0.4 is 30.0 Å². The Kier molecular flexibility index (Phi) is 7.28. The molecule has 0 aliphatic carbocycles. The van der Waals surface area contributed by atoms with Gasteiger partial charge in [0.25, 0.3) is 0 Å². The number of fused-ring (bicyclic) bond motifs is 3. The maximum Gasteiger partial charge on any atom is 0.405 e. The number of hydrogen-bond donors (Lipinski definition) is 3. The summed E-state index contributed by atoms with van der Waals surface area (Å²) in [6.45, 7) is 5.59. The third kappa shape index (κ3) is 5.62. The number of carboxylic acid groups (broad SMARTS) is 1. The smallest absolute Gasteiger partial charge is 0.405 e. The summed E-state index contributed by atoms with van der Waals surface area (Å²) in [5, 5.41) is 12.2. The van der Waals surface area contributed by atoms with Gasteiger partial charge in [0.1, 0.15) is 19.0 Å². The normalized spacial score (nSPS) is 16.7. The van der Waals surface area contributed by atoms with Crippen LogP contribution in [0, 0.1) is 5.82 Å². The maximum absolute atomic E-state index is 14.4. The van der Waals surface area contributed by atoms with E-state index in [1.807, 2.05) is 6.92 Å². The van der Waals surface area contributed by atoms with E-state index in [2.05, 4.69) is 15.2 Å². The van der Waals surface area contributed by atoms with E-state index in [-0.39, 0.29) is 11.3 Å². The van der Waals surface area contributed by atoms with E-state index >= 15 is 0 Å². The van der Waals surface area contributed by atoms with Gasteiger partial charge in [0, 0.05) is 49.2 Å². The van der Waals surface area contributed by atoms with Crippen LogP contribution in [0.25, 0.3) is 10.9 Å². The molecule has 1 saturated heterocycles. The fourth-order valence-electron chi connectivity index (χ4n) is 4.81. The molecule has 10 nitrogen and oxygen atoms in total. The molecule has 1 amide bonds. The molecule has 2 aliphatic rings. The second-order valence-corrected chi connectivity index (χ2v) is 9.76. The fourth-order valence-corrected chi connectivity index (χ4v) is 4.81. The number of nitrogens with one attached hydrogen (secondary N) is 1. The summed E-state index contributed by atoms with van der Waals surface area (Å²) < 4.78 is 38.3. The van der Waals surface area contributed by atoms with Crippen molar-refractivity contribution in [1.82, 2.24) is 15.2 Å². The number of nitrogens with zero attached hydrogens (tertiary/aromatic N) is 2. The molecule has 38 heavy (non-hydrogen) atoms. The average molecular weight is 527 g/mol. The molecule has 3 aromatic rings. The standard InChI is InChI=1S/C27H31FN4O6/c1-27(31-26(33)34)6-10-32(11-7-27)9-2-12-35-22-16-19-23(25-24(22)36-13-14-37-25)21(5-8-30-19)38-20-4-3-17(29)15-18(20)28/h3-5,8,15-16,31H,2,6-7,9-14,29H2,1H3,(H,33,34). The molecule has 202 valence electrons. The number of nitrogen functional groups attached to an aromatic ring is 1. The van der Waals surface area contributed by atoms with Crippen molar-refractivity contribution < 1.29 is 33.2 Å². The minimum absolute atomic E-state index is 0.0364. The Balaban J connectivity index is 1.28. The lowest BCUT2D eigenvalue weighted by molar-refractivity contribution is 0.126. The second-order valence-electron chi connectivity index (χ2n) is 9.76. The number of halogens is 1. The number of ether oxygens (including phenoxy) is 4. The lowest BCUT2D eigenvalue weighted by Gasteiger charge is -2.39. The lowest BCUT2D eigenvalue weighted by atomic mass is 9.90. The van der Waals surface area contributed by atoms with Gasteiger partial charge in [0.15, 0.2) is 23.1 Å². The first kappa shape index (κ1) is 25.7. The van der Waals surface area contributed by atoms with Crippen molar-refractivity contribution in [2.24, 2.45) is 0 Å². The van der Waals surface area contributed by atoms with Crippen LogP contribution in [0.5, 0.6) is 28.7 Å². The number of piperidine rings is 1. The van der Waals surface area contributed by atoms with Gasteiger partial charge in [-0.05, 0) is 44.4 Å². The van der Waals surface area contributed by atoms with E-state index < -0.39 is 11.9 Å². The minimum Gasteiger partial charge on any atom is -0.489 e. The van der Waals surface area contributed by atoms with Gasteiger partial charge in [0.05, 0.1) is 17.5 Å². The molecular weight excluding hydrogens is 495 g/mol. The molecule has 0 radical (unpaired) electrons. The second kappa shape index (κ2) is 10.8. The van der Waals surface area contributed by atoms with Crippen molar-refractivity contribution in [3.8, 4) is 28.7 Å². The SMILES string of the molecule is CC1(NC(=O)O)CCN(CCCOc2cc3nccc(Oc4ccc(N)cc4F)c3c3c2OCCO3)CC1. The minimum atomic E-state index is -0.982. The Labute approximate surface area is 219 Å². The fraction of sp³-hybridized carbons (Fsp3) is 0.407. The summed E-state index contributed by atoms with van der Waals surface area (Å²) in [7, 11) is 0. The van der Waals surface area contributed by atoms with E-state index in [1.54, 1.807) is 24.4 Å². The van der Waals surface area contributed by atoms with Gasteiger partial charge in [0.2, 0.25) is 5.75 Å². The molecule has 5 rings (SSSR count). The number of carbonyl (C=O) groups is 1. The summed E-state index contributed by atoms with van der Waals surface area (Å²) in [6.07, 6.45) is 2.91. The van der Waals surface area contributed by atoms with Gasteiger partial charge in [-0.3, -0.25) is 4.98 Å². The number of nitrogens with two attached hydrogens (primary N) is 1. The molecule has 0 saturated carbocycles. The highest BCUT2D eigenvalue weighted by Gasteiger charge is 2.31. The van der Waals surface area contributed by atoms with Crippen molar-refractivity contribution in [3.63, 3.8) is 0 Å². The monoisotopic (exact) mass is 526 g/mol. The predicted molar refractivity (Wildman–Crippen MR) is 139 cm³/mol. The van der Waals surface area contributed by atoms with E-state index in [4.69, 9.17) is 29.8 Å². The van der Waals surface area contributed by atoms with Crippen molar-refractivity contribution in [2.45, 2.75) is 31.7 Å². The van der Waals surface area contributed by atoms with E-state index in [9.17, 15) is 9.18 Å². The Bertz CT molecular complexity index is 1330. The van der Waals surface area contributed by atoms with Crippen LogP contribution in [0.2, 0.25) is 0 Å². The van der Waals surface area contributed by atoms with Crippen molar-refractivity contribution in [3.05, 3.63) is 42.3 Å². The largest absolute Gasteiger partial charge is 0.489 e. The van der Waals surface area contributed by atoms with Gasteiger partial charge in [-0.25, -0.2) is 9.18 Å². The van der Waals surface area contributed by atoms with Crippen LogP contribution in [0.3, 0.4) is 0 Å². The number of rotatable bonds is 8. The Morgan fingerprint density at radius 3 is 2.66 bits per heavy atom. The zero-order valence-electron chi connectivity index (χ0n) is 21.2. The summed E-state index contributed by atoms with van der Waals surface area (Å²) in [5.74, 6) is 1.28. The summed E-state index contributed by atoms with van der Waals surface area (Å²) in [6, 6.07) is 7.67. The third-order valence-electron chi connectivity index (χ3n) is 6.86. The topological polar surface area (TPSA) is 128 Å². The maximum atomic E-state index is 14.4. The van der Waals surface area contributed by atoms with Gasteiger partial charge >= 0.3 is 6.09 Å². The van der Waals surface area contributed by atoms with E-state index in [0.717, 1.165) is 38.9 Å². The number of hydrogen-bond acceptors (Lipinski definition) is 8. The molecule has 0 unspecified atom stereocenters. The Morgan fingerprint density at radius 1 is 1.16 bits per heavy atom. The highest BCUT2D eigenvalue weighted by Crippen LogP contribution is 2.48.